The first-order chi connectivity index (χ1) is 28.8. The molecule has 7 aromatic carbocycles. The molecule has 2 nitrogen and oxygen atoms in total. The molecule has 1 N–H and O–H groups in total. The van der Waals surface area contributed by atoms with Gasteiger partial charge in [-0.2, -0.15) is 0 Å². The Kier molecular flexibility index (Phi) is 7.74. The molecular formula is C56H42N2. The van der Waals surface area contributed by atoms with Crippen molar-refractivity contribution in [3.05, 3.63) is 223 Å². The summed E-state index contributed by atoms with van der Waals surface area (Å²) in [6.45, 7) is 0. The zero-order valence-electron chi connectivity index (χ0n) is 32.2. The van der Waals surface area contributed by atoms with Gasteiger partial charge in [-0.15, -0.1) is 0 Å². The van der Waals surface area contributed by atoms with E-state index in [2.05, 4.69) is 210 Å². The van der Waals surface area contributed by atoms with E-state index in [-0.39, 0.29) is 24.0 Å². The number of benzene rings is 7. The summed E-state index contributed by atoms with van der Waals surface area (Å²) >= 11 is 0. The maximum absolute atomic E-state index is 3.90. The third-order valence-corrected chi connectivity index (χ3v) is 13.0. The van der Waals surface area contributed by atoms with Crippen molar-refractivity contribution in [2.45, 2.75) is 31.0 Å². The van der Waals surface area contributed by atoms with Gasteiger partial charge in [-0.1, -0.05) is 176 Å². The number of rotatable bonds is 6. The Bertz CT molecular complexity index is 3150. The van der Waals surface area contributed by atoms with E-state index in [1.807, 2.05) is 0 Å². The molecule has 58 heavy (non-hydrogen) atoms. The van der Waals surface area contributed by atoms with Gasteiger partial charge >= 0.3 is 0 Å². The predicted molar refractivity (Wildman–Crippen MR) is 245 cm³/mol. The largest absolute Gasteiger partial charge is 0.332 e. The summed E-state index contributed by atoms with van der Waals surface area (Å²) in [6.07, 6.45) is 23.3. The molecule has 3 unspecified atom stereocenters. The van der Waals surface area contributed by atoms with Crippen molar-refractivity contribution in [1.82, 2.24) is 9.88 Å². The lowest BCUT2D eigenvalue weighted by Gasteiger charge is -2.32. The molecule has 1 fully saturated rings. The highest BCUT2D eigenvalue weighted by Gasteiger charge is 2.43. The highest BCUT2D eigenvalue weighted by molar-refractivity contribution is 6.28. The molecule has 4 atom stereocenters. The quantitative estimate of drug-likeness (QED) is 0.169. The molecule has 12 rings (SSSR count). The van der Waals surface area contributed by atoms with Crippen LogP contribution in [0.5, 0.6) is 0 Å². The van der Waals surface area contributed by atoms with Gasteiger partial charge in [0.2, 0.25) is 0 Å². The molecule has 0 amide bonds. The molecule has 8 aromatic rings. The fourth-order valence-corrected chi connectivity index (χ4v) is 10.1. The van der Waals surface area contributed by atoms with Gasteiger partial charge in [-0.25, -0.2) is 0 Å². The average Bonchev–Trinajstić information content (AvgIpc) is 4.03. The van der Waals surface area contributed by atoms with Gasteiger partial charge in [0, 0.05) is 16.7 Å². The summed E-state index contributed by atoms with van der Waals surface area (Å²) in [7, 11) is 0. The third-order valence-electron chi connectivity index (χ3n) is 13.0. The first kappa shape index (κ1) is 33.4. The summed E-state index contributed by atoms with van der Waals surface area (Å²) in [5, 5.41) is 11.7. The smallest absolute Gasteiger partial charge is 0.0629 e. The van der Waals surface area contributed by atoms with E-state index in [9.17, 15) is 0 Å². The first-order valence-corrected chi connectivity index (χ1v) is 20.8. The van der Waals surface area contributed by atoms with E-state index >= 15 is 0 Å². The maximum atomic E-state index is 3.90. The minimum Gasteiger partial charge on any atom is -0.332 e. The Labute approximate surface area is 339 Å². The van der Waals surface area contributed by atoms with Crippen LogP contribution in [0.2, 0.25) is 0 Å². The van der Waals surface area contributed by atoms with Crippen LogP contribution >= 0.6 is 0 Å². The van der Waals surface area contributed by atoms with E-state index < -0.39 is 0 Å². The van der Waals surface area contributed by atoms with Crippen LogP contribution in [-0.2, 0) is 0 Å². The Hall–Kier alpha value is -6.74. The van der Waals surface area contributed by atoms with Gasteiger partial charge in [-0.3, -0.25) is 5.32 Å². The van der Waals surface area contributed by atoms with Crippen LogP contribution in [0.25, 0.3) is 71.2 Å². The second-order valence-electron chi connectivity index (χ2n) is 16.3. The second-order valence-corrected chi connectivity index (χ2v) is 16.3. The fourth-order valence-electron chi connectivity index (χ4n) is 10.1. The summed E-state index contributed by atoms with van der Waals surface area (Å²) in [4.78, 5) is 0. The summed E-state index contributed by atoms with van der Waals surface area (Å²) < 4.78 is 2.64. The standard InChI is InChI=1S/C56H42N2/c1-3-12-36(13-4-1)38-22-24-39(25-23-38)42-17-11-18-44(34-42)55-56(57-55)48-30-33-50(47-21-10-9-20-46(47)48)58-51-31-28-40-16-7-8-19-45(40)53(51)54-49-35-43(37-14-5-2-6-15-37)27-26-41(49)29-32-52(54)58/h2-3,5-35,47,50,55-57H,1,4H2/t47?,50?,55-,56?/m1/s1. The molecular weight excluding hydrogens is 701 g/mol. The van der Waals surface area contributed by atoms with E-state index in [1.54, 1.807) is 0 Å². The van der Waals surface area contributed by atoms with Crippen molar-refractivity contribution >= 4 is 48.9 Å². The van der Waals surface area contributed by atoms with Crippen molar-refractivity contribution in [1.29, 1.82) is 0 Å². The number of nitrogens with one attached hydrogen (secondary N) is 1. The van der Waals surface area contributed by atoms with Crippen LogP contribution in [0.1, 0.15) is 36.1 Å². The number of hydrogen-bond donors (Lipinski definition) is 1. The fraction of sp³-hybridized carbons (Fsp3) is 0.107. The summed E-state index contributed by atoms with van der Waals surface area (Å²) in [6, 6.07) is 54.9. The van der Waals surface area contributed by atoms with E-state index in [0.717, 1.165) is 12.8 Å². The zero-order valence-corrected chi connectivity index (χ0v) is 32.2. The SMILES string of the molecule is C1=CC2=C(C3N[C@@H]3c3cccc(-c4ccc(C5=CCCC=C5)cc4)c3)C=CC(n3c4ccc5ccccc5c4c4c5cc(-c6ccccc6)ccc5ccc43)C2C=C1. The molecule has 4 aliphatic rings. The summed E-state index contributed by atoms with van der Waals surface area (Å²) in [5.74, 6) is 0.212. The maximum Gasteiger partial charge on any atom is 0.0629 e. The van der Waals surface area contributed by atoms with E-state index in [0.29, 0.717) is 0 Å². The van der Waals surface area contributed by atoms with Crippen molar-refractivity contribution in [3.8, 4) is 22.3 Å². The number of nitrogens with zero attached hydrogens (tertiary/aromatic N) is 1. The molecule has 1 aliphatic heterocycles. The second kappa shape index (κ2) is 13.4. The zero-order chi connectivity index (χ0) is 38.2. The summed E-state index contributed by atoms with van der Waals surface area (Å²) in [5.41, 5.74) is 14.4. The molecule has 0 bridgehead atoms. The normalized spacial score (nSPS) is 21.0. The van der Waals surface area contributed by atoms with Crippen LogP contribution in [0.4, 0.5) is 0 Å². The van der Waals surface area contributed by atoms with E-state index in [1.165, 1.54) is 93.5 Å². The van der Waals surface area contributed by atoms with Gasteiger partial charge in [0.05, 0.1) is 29.2 Å². The van der Waals surface area contributed by atoms with Gasteiger partial charge < -0.3 is 4.57 Å². The van der Waals surface area contributed by atoms with Crippen molar-refractivity contribution < 1.29 is 0 Å². The van der Waals surface area contributed by atoms with Crippen LogP contribution in [0.15, 0.2) is 211 Å². The van der Waals surface area contributed by atoms with Gasteiger partial charge in [0.1, 0.15) is 0 Å². The van der Waals surface area contributed by atoms with Crippen molar-refractivity contribution in [2.75, 3.05) is 0 Å². The van der Waals surface area contributed by atoms with Crippen molar-refractivity contribution in [2.24, 2.45) is 5.92 Å². The molecule has 0 spiro atoms. The minimum atomic E-state index is 0.124. The number of hydrogen-bond acceptors (Lipinski definition) is 1. The van der Waals surface area contributed by atoms with Crippen LogP contribution in [0, 0.1) is 5.92 Å². The molecule has 1 saturated heterocycles. The number of allylic oxidation sites excluding steroid dienone is 10. The third kappa shape index (κ3) is 5.44. The lowest BCUT2D eigenvalue weighted by Crippen LogP contribution is -2.23. The van der Waals surface area contributed by atoms with E-state index in [4.69, 9.17) is 0 Å². The number of aromatic nitrogens is 1. The highest BCUT2D eigenvalue weighted by atomic mass is 15.2. The average molecular weight is 743 g/mol. The Morgan fingerprint density at radius 3 is 2.03 bits per heavy atom. The Morgan fingerprint density at radius 1 is 0.483 bits per heavy atom. The predicted octanol–water partition coefficient (Wildman–Crippen LogP) is 14.0. The molecule has 276 valence electrons. The lowest BCUT2D eigenvalue weighted by atomic mass is 9.79. The highest BCUT2D eigenvalue weighted by Crippen LogP contribution is 2.48. The minimum absolute atomic E-state index is 0.124. The lowest BCUT2D eigenvalue weighted by molar-refractivity contribution is 0.528. The number of fused-ring (bicyclic) bond motifs is 8. The monoisotopic (exact) mass is 742 g/mol. The Morgan fingerprint density at radius 2 is 1.19 bits per heavy atom. The van der Waals surface area contributed by atoms with Crippen molar-refractivity contribution in [3.63, 3.8) is 0 Å². The molecule has 1 aromatic heterocycles. The van der Waals surface area contributed by atoms with Gasteiger partial charge in [0.15, 0.2) is 0 Å². The first-order valence-electron chi connectivity index (χ1n) is 20.8. The molecule has 0 saturated carbocycles. The van der Waals surface area contributed by atoms with Crippen LogP contribution in [-0.4, -0.2) is 10.6 Å². The molecule has 2 heterocycles. The molecule has 2 heteroatoms. The van der Waals surface area contributed by atoms with Gasteiger partial charge in [0.25, 0.3) is 0 Å². The molecule has 3 aliphatic carbocycles. The Balaban J connectivity index is 0.929. The van der Waals surface area contributed by atoms with Gasteiger partial charge in [-0.05, 0) is 109 Å². The van der Waals surface area contributed by atoms with Crippen LogP contribution in [0.3, 0.4) is 0 Å². The molecule has 0 radical (unpaired) electrons. The topological polar surface area (TPSA) is 26.9 Å². The van der Waals surface area contributed by atoms with Crippen LogP contribution < -0.4 is 5.32 Å².